The maximum absolute atomic E-state index is 4.19. The van der Waals surface area contributed by atoms with Gasteiger partial charge in [-0.2, -0.15) is 0 Å². The van der Waals surface area contributed by atoms with Crippen molar-refractivity contribution < 1.29 is 4.57 Å². The Morgan fingerprint density at radius 3 is 2.50 bits per heavy atom. The van der Waals surface area contributed by atoms with Crippen molar-refractivity contribution in [3.63, 3.8) is 0 Å². The third-order valence-corrected chi connectivity index (χ3v) is 2.25. The first-order valence-electron chi connectivity index (χ1n) is 5.65. The molecule has 2 nitrogen and oxygen atoms in total. The molecule has 0 spiro atoms. The van der Waals surface area contributed by atoms with Crippen molar-refractivity contribution in [2.45, 2.75) is 20.8 Å². The predicted octanol–water partition coefficient (Wildman–Crippen LogP) is 2.91. The zero-order chi connectivity index (χ0) is 12.0. The summed E-state index contributed by atoms with van der Waals surface area (Å²) in [5, 5.41) is 0. The molecular weight excluding hydrogens is 196 g/mol. The Kier molecular flexibility index (Phi) is 4.65. The summed E-state index contributed by atoms with van der Waals surface area (Å²) in [6.07, 6.45) is 3.89. The van der Waals surface area contributed by atoms with Crippen LogP contribution in [0.5, 0.6) is 0 Å². The highest BCUT2D eigenvalue weighted by Crippen LogP contribution is 2.14. The lowest BCUT2D eigenvalue weighted by molar-refractivity contribution is -0.660. The molecule has 0 unspecified atom stereocenters. The van der Waals surface area contributed by atoms with Crippen LogP contribution in [0.15, 0.2) is 42.7 Å². The van der Waals surface area contributed by atoms with E-state index in [4.69, 9.17) is 0 Å². The fourth-order valence-corrected chi connectivity index (χ4v) is 1.53. The average molecular weight is 215 g/mol. The quantitative estimate of drug-likeness (QED) is 0.668. The predicted molar refractivity (Wildman–Crippen MR) is 66.9 cm³/mol. The molecule has 0 aromatic carbocycles. The van der Waals surface area contributed by atoms with Gasteiger partial charge in [-0.15, -0.1) is 0 Å². The van der Waals surface area contributed by atoms with Gasteiger partial charge in [0.25, 0.3) is 0 Å². The molecule has 0 N–H and O–H groups in total. The lowest BCUT2D eigenvalue weighted by atomic mass is 10.1. The first kappa shape index (κ1) is 12.4. The molecule has 0 fully saturated rings. The number of hydrogen-bond acceptors (Lipinski definition) is 1. The van der Waals surface area contributed by atoms with Crippen molar-refractivity contribution in [2.75, 3.05) is 0 Å². The molecule has 0 aliphatic rings. The van der Waals surface area contributed by atoms with Crippen molar-refractivity contribution in [3.05, 3.63) is 48.4 Å². The molecule has 0 bridgehead atoms. The Balaban J connectivity index is 0.000000606. The lowest BCUT2D eigenvalue weighted by Gasteiger charge is -1.99. The van der Waals surface area contributed by atoms with Gasteiger partial charge in [0.2, 0.25) is 5.69 Å². The van der Waals surface area contributed by atoms with Gasteiger partial charge in [-0.1, -0.05) is 13.8 Å². The van der Waals surface area contributed by atoms with Crippen LogP contribution in [-0.2, 0) is 7.05 Å². The Morgan fingerprint density at radius 1 is 1.12 bits per heavy atom. The Morgan fingerprint density at radius 2 is 1.88 bits per heavy atom. The van der Waals surface area contributed by atoms with Crippen molar-refractivity contribution >= 4 is 0 Å². The normalized spacial score (nSPS) is 9.25. The smallest absolute Gasteiger partial charge is 0.212 e. The third kappa shape index (κ3) is 2.89. The monoisotopic (exact) mass is 215 g/mol. The van der Waals surface area contributed by atoms with Gasteiger partial charge >= 0.3 is 0 Å². The second-order valence-electron chi connectivity index (χ2n) is 3.38. The minimum absolute atomic E-state index is 1.05. The van der Waals surface area contributed by atoms with Crippen LogP contribution in [0.25, 0.3) is 11.3 Å². The van der Waals surface area contributed by atoms with Crippen LogP contribution in [-0.4, -0.2) is 4.98 Å². The number of rotatable bonds is 1. The lowest BCUT2D eigenvalue weighted by Crippen LogP contribution is -2.29. The summed E-state index contributed by atoms with van der Waals surface area (Å²) >= 11 is 0. The molecule has 2 rings (SSSR count). The van der Waals surface area contributed by atoms with E-state index < -0.39 is 0 Å². The number of nitrogens with zero attached hydrogens (tertiary/aromatic N) is 2. The molecule has 0 amide bonds. The first-order valence-corrected chi connectivity index (χ1v) is 5.65. The van der Waals surface area contributed by atoms with E-state index >= 15 is 0 Å². The summed E-state index contributed by atoms with van der Waals surface area (Å²) in [7, 11) is 2.05. The second-order valence-corrected chi connectivity index (χ2v) is 3.38. The molecule has 0 aliphatic carbocycles. The van der Waals surface area contributed by atoms with E-state index in [0.717, 1.165) is 5.69 Å². The molecular formula is C14H19N2+. The highest BCUT2D eigenvalue weighted by Gasteiger charge is 2.07. The number of hydrogen-bond donors (Lipinski definition) is 0. The van der Waals surface area contributed by atoms with Crippen molar-refractivity contribution in [3.8, 4) is 11.3 Å². The van der Waals surface area contributed by atoms with E-state index in [1.165, 1.54) is 11.3 Å². The SMILES string of the molecule is CC.Cc1cc(-c2cccc[n+]2C)ccn1. The summed E-state index contributed by atoms with van der Waals surface area (Å²) in [6.45, 7) is 6.01. The van der Waals surface area contributed by atoms with Crippen LogP contribution in [0.3, 0.4) is 0 Å². The Hall–Kier alpha value is -1.70. The number of pyridine rings is 2. The second kappa shape index (κ2) is 6.01. The maximum Gasteiger partial charge on any atom is 0.212 e. The number of aryl methyl sites for hydroxylation is 2. The molecule has 16 heavy (non-hydrogen) atoms. The third-order valence-electron chi connectivity index (χ3n) is 2.25. The standard InChI is InChI=1S/C12H13N2.C2H6/c1-10-9-11(6-7-13-10)12-5-3-4-8-14(12)2;1-2/h3-9H,1-2H3;1-2H3/q+1;. The highest BCUT2D eigenvalue weighted by atomic mass is 14.9. The van der Waals surface area contributed by atoms with Crippen molar-refractivity contribution in [1.82, 2.24) is 4.98 Å². The van der Waals surface area contributed by atoms with Gasteiger partial charge in [0.1, 0.15) is 7.05 Å². The van der Waals surface area contributed by atoms with Gasteiger partial charge in [-0.25, -0.2) is 4.57 Å². The summed E-state index contributed by atoms with van der Waals surface area (Å²) < 4.78 is 2.11. The fourth-order valence-electron chi connectivity index (χ4n) is 1.53. The van der Waals surface area contributed by atoms with E-state index in [1.54, 1.807) is 0 Å². The van der Waals surface area contributed by atoms with E-state index in [9.17, 15) is 0 Å². The van der Waals surface area contributed by atoms with E-state index in [-0.39, 0.29) is 0 Å². The van der Waals surface area contributed by atoms with Gasteiger partial charge in [-0.05, 0) is 25.1 Å². The molecule has 2 heterocycles. The van der Waals surface area contributed by atoms with Crippen molar-refractivity contribution in [1.29, 1.82) is 0 Å². The van der Waals surface area contributed by atoms with Gasteiger partial charge < -0.3 is 0 Å². The molecule has 0 aliphatic heterocycles. The van der Waals surface area contributed by atoms with Crippen LogP contribution in [0.2, 0.25) is 0 Å². The maximum atomic E-state index is 4.19. The Bertz CT molecular complexity index is 450. The zero-order valence-corrected chi connectivity index (χ0v) is 10.4. The van der Waals surface area contributed by atoms with Crippen LogP contribution in [0.1, 0.15) is 19.5 Å². The molecule has 0 saturated carbocycles. The molecule has 2 aromatic rings. The minimum Gasteiger partial charge on any atom is -0.262 e. The molecule has 2 heteroatoms. The van der Waals surface area contributed by atoms with Crippen LogP contribution in [0.4, 0.5) is 0 Å². The van der Waals surface area contributed by atoms with Gasteiger partial charge in [0, 0.05) is 29.6 Å². The molecule has 84 valence electrons. The molecule has 2 aromatic heterocycles. The summed E-state index contributed by atoms with van der Waals surface area (Å²) in [4.78, 5) is 4.19. The van der Waals surface area contributed by atoms with Gasteiger partial charge in [0.05, 0.1) is 0 Å². The van der Waals surface area contributed by atoms with Crippen LogP contribution >= 0.6 is 0 Å². The van der Waals surface area contributed by atoms with E-state index in [2.05, 4.69) is 21.7 Å². The summed E-state index contributed by atoms with van der Waals surface area (Å²) in [5.74, 6) is 0. The van der Waals surface area contributed by atoms with Crippen molar-refractivity contribution in [2.24, 2.45) is 7.05 Å². The topological polar surface area (TPSA) is 16.8 Å². The molecule has 0 saturated heterocycles. The van der Waals surface area contributed by atoms with Crippen LogP contribution in [0, 0.1) is 6.92 Å². The summed E-state index contributed by atoms with van der Waals surface area (Å²) in [6, 6.07) is 10.3. The van der Waals surface area contributed by atoms with Gasteiger partial charge in [0.15, 0.2) is 6.20 Å². The first-order chi connectivity index (χ1) is 7.77. The molecule has 0 atom stereocenters. The fraction of sp³-hybridized carbons (Fsp3) is 0.286. The number of aromatic nitrogens is 2. The summed E-state index contributed by atoms with van der Waals surface area (Å²) in [5.41, 5.74) is 3.46. The average Bonchev–Trinajstić information content (AvgIpc) is 2.32. The van der Waals surface area contributed by atoms with Crippen LogP contribution < -0.4 is 4.57 Å². The molecule has 0 radical (unpaired) electrons. The Labute approximate surface area is 97.6 Å². The van der Waals surface area contributed by atoms with E-state index in [1.807, 2.05) is 58.4 Å². The minimum atomic E-state index is 1.05. The van der Waals surface area contributed by atoms with E-state index in [0.29, 0.717) is 0 Å². The zero-order valence-electron chi connectivity index (χ0n) is 10.4. The highest BCUT2D eigenvalue weighted by molar-refractivity contribution is 5.55. The van der Waals surface area contributed by atoms with Gasteiger partial charge in [-0.3, -0.25) is 4.98 Å². The largest absolute Gasteiger partial charge is 0.262 e.